The zero-order valence-corrected chi connectivity index (χ0v) is 12.1. The quantitative estimate of drug-likeness (QED) is 0.745. The SMILES string of the molecule is O=C1OC2(CC(c3cccc(C(F)(F)F)c3)=NO2)c2ccccc21. The Morgan fingerprint density at radius 3 is 2.67 bits per heavy atom. The van der Waals surface area contributed by atoms with Crippen LogP contribution in [0.1, 0.15) is 33.5 Å². The fraction of sp³-hybridized carbons (Fsp3) is 0.176. The Balaban J connectivity index is 1.68. The maximum atomic E-state index is 12.9. The molecule has 0 aromatic heterocycles. The topological polar surface area (TPSA) is 47.9 Å². The van der Waals surface area contributed by atoms with Gasteiger partial charge in [0.1, 0.15) is 0 Å². The van der Waals surface area contributed by atoms with Crippen LogP contribution in [0, 0.1) is 0 Å². The molecule has 4 nitrogen and oxygen atoms in total. The molecule has 2 heterocycles. The Hall–Kier alpha value is -2.83. The molecule has 2 aromatic rings. The number of halogens is 3. The lowest BCUT2D eigenvalue weighted by Crippen LogP contribution is -2.26. The van der Waals surface area contributed by atoms with Gasteiger partial charge in [-0.1, -0.05) is 35.5 Å². The molecule has 1 atom stereocenters. The van der Waals surface area contributed by atoms with E-state index in [1.807, 2.05) is 0 Å². The summed E-state index contributed by atoms with van der Waals surface area (Å²) in [4.78, 5) is 17.3. The molecule has 1 unspecified atom stereocenters. The molecule has 24 heavy (non-hydrogen) atoms. The van der Waals surface area contributed by atoms with Crippen molar-refractivity contribution in [3.8, 4) is 0 Å². The summed E-state index contributed by atoms with van der Waals surface area (Å²) in [6.07, 6.45) is -4.39. The number of esters is 1. The molecule has 7 heteroatoms. The third-order valence-corrected chi connectivity index (χ3v) is 4.04. The van der Waals surface area contributed by atoms with E-state index in [1.54, 1.807) is 24.3 Å². The molecule has 0 N–H and O–H groups in total. The smallest absolute Gasteiger partial charge is 0.412 e. The Bertz CT molecular complexity index is 875. The summed E-state index contributed by atoms with van der Waals surface area (Å²) in [6.45, 7) is 0. The first kappa shape index (κ1) is 14.7. The van der Waals surface area contributed by atoms with Crippen LogP contribution in [0.25, 0.3) is 0 Å². The molecule has 1 spiro atoms. The number of alkyl halides is 3. The predicted molar refractivity (Wildman–Crippen MR) is 77.2 cm³/mol. The van der Waals surface area contributed by atoms with E-state index in [9.17, 15) is 18.0 Å². The van der Waals surface area contributed by atoms with Crippen molar-refractivity contribution in [1.82, 2.24) is 0 Å². The fourth-order valence-electron chi connectivity index (χ4n) is 2.90. The van der Waals surface area contributed by atoms with Gasteiger partial charge in [0.2, 0.25) is 0 Å². The number of hydrogen-bond acceptors (Lipinski definition) is 4. The average molecular weight is 333 g/mol. The van der Waals surface area contributed by atoms with Crippen LogP contribution in [-0.2, 0) is 21.5 Å². The van der Waals surface area contributed by atoms with Crippen molar-refractivity contribution in [2.45, 2.75) is 18.4 Å². The minimum Gasteiger partial charge on any atom is -0.412 e. The molecule has 0 radical (unpaired) electrons. The molecule has 0 bridgehead atoms. The molecule has 0 aliphatic carbocycles. The number of fused-ring (bicyclic) bond motifs is 2. The number of hydrogen-bond donors (Lipinski definition) is 0. The van der Waals surface area contributed by atoms with Crippen molar-refractivity contribution in [1.29, 1.82) is 0 Å². The Labute approximate surface area is 134 Å². The first-order chi connectivity index (χ1) is 11.4. The molecule has 2 aliphatic heterocycles. The van der Waals surface area contributed by atoms with Crippen LogP contribution in [0.5, 0.6) is 0 Å². The van der Waals surface area contributed by atoms with Crippen LogP contribution in [-0.4, -0.2) is 11.7 Å². The first-order valence-electron chi connectivity index (χ1n) is 7.15. The summed E-state index contributed by atoms with van der Waals surface area (Å²) < 4.78 is 43.9. The van der Waals surface area contributed by atoms with Crippen LogP contribution in [0.3, 0.4) is 0 Å². The van der Waals surface area contributed by atoms with E-state index in [1.165, 1.54) is 12.1 Å². The average Bonchev–Trinajstić information content (AvgIpc) is 3.10. The maximum absolute atomic E-state index is 12.9. The van der Waals surface area contributed by atoms with Gasteiger partial charge in [-0.2, -0.15) is 13.2 Å². The van der Waals surface area contributed by atoms with Crippen molar-refractivity contribution in [3.63, 3.8) is 0 Å². The monoisotopic (exact) mass is 333 g/mol. The fourth-order valence-corrected chi connectivity index (χ4v) is 2.90. The molecule has 2 aromatic carbocycles. The highest BCUT2D eigenvalue weighted by Gasteiger charge is 2.52. The third kappa shape index (κ3) is 2.16. The van der Waals surface area contributed by atoms with E-state index in [4.69, 9.17) is 9.57 Å². The first-order valence-corrected chi connectivity index (χ1v) is 7.15. The van der Waals surface area contributed by atoms with Gasteiger partial charge in [-0.15, -0.1) is 0 Å². The van der Waals surface area contributed by atoms with E-state index >= 15 is 0 Å². The highest BCUT2D eigenvalue weighted by molar-refractivity contribution is 6.03. The molecule has 4 rings (SSSR count). The van der Waals surface area contributed by atoms with Crippen molar-refractivity contribution in [2.24, 2.45) is 5.16 Å². The van der Waals surface area contributed by atoms with Crippen molar-refractivity contribution < 1.29 is 27.5 Å². The van der Waals surface area contributed by atoms with Crippen LogP contribution in [0.15, 0.2) is 53.7 Å². The lowest BCUT2D eigenvalue weighted by Gasteiger charge is -2.20. The summed E-state index contributed by atoms with van der Waals surface area (Å²) in [5, 5.41) is 3.87. The number of nitrogens with zero attached hydrogens (tertiary/aromatic N) is 1. The zero-order valence-electron chi connectivity index (χ0n) is 12.1. The molecule has 0 saturated heterocycles. The van der Waals surface area contributed by atoms with Gasteiger partial charge in [0, 0.05) is 5.56 Å². The second kappa shape index (κ2) is 4.83. The van der Waals surface area contributed by atoms with Crippen molar-refractivity contribution in [2.75, 3.05) is 0 Å². The van der Waals surface area contributed by atoms with Gasteiger partial charge in [-0.05, 0) is 18.2 Å². The summed E-state index contributed by atoms with van der Waals surface area (Å²) in [7, 11) is 0. The Morgan fingerprint density at radius 1 is 1.08 bits per heavy atom. The van der Waals surface area contributed by atoms with Crippen LogP contribution >= 0.6 is 0 Å². The predicted octanol–water partition coefficient (Wildman–Crippen LogP) is 3.85. The van der Waals surface area contributed by atoms with E-state index in [0.717, 1.165) is 12.1 Å². The van der Waals surface area contributed by atoms with E-state index in [2.05, 4.69) is 5.16 Å². The maximum Gasteiger partial charge on any atom is 0.416 e. The van der Waals surface area contributed by atoms with Gasteiger partial charge < -0.3 is 9.57 Å². The van der Waals surface area contributed by atoms with Gasteiger partial charge in [0.25, 0.3) is 0 Å². The molecule has 0 fully saturated rings. The molecular formula is C17H10F3NO3. The minimum absolute atomic E-state index is 0.0526. The summed E-state index contributed by atoms with van der Waals surface area (Å²) in [5.41, 5.74) is 0.707. The Kier molecular flexibility index (Phi) is 2.97. The van der Waals surface area contributed by atoms with Gasteiger partial charge in [-0.25, -0.2) is 4.79 Å². The highest BCUT2D eigenvalue weighted by atomic mass is 19.4. The molecule has 2 aliphatic rings. The second-order valence-corrected chi connectivity index (χ2v) is 5.57. The molecule has 0 saturated carbocycles. The third-order valence-electron chi connectivity index (χ3n) is 4.04. The Morgan fingerprint density at radius 2 is 1.88 bits per heavy atom. The van der Waals surface area contributed by atoms with E-state index < -0.39 is 23.5 Å². The lowest BCUT2D eigenvalue weighted by atomic mass is 9.95. The number of ether oxygens (including phenoxy) is 1. The van der Waals surface area contributed by atoms with Gasteiger partial charge in [0.05, 0.1) is 28.8 Å². The van der Waals surface area contributed by atoms with Crippen LogP contribution < -0.4 is 0 Å². The molecular weight excluding hydrogens is 323 g/mol. The molecule has 0 amide bonds. The van der Waals surface area contributed by atoms with Gasteiger partial charge >= 0.3 is 17.9 Å². The summed E-state index contributed by atoms with van der Waals surface area (Å²) in [6, 6.07) is 11.5. The number of rotatable bonds is 1. The van der Waals surface area contributed by atoms with Crippen molar-refractivity contribution in [3.05, 3.63) is 70.8 Å². The largest absolute Gasteiger partial charge is 0.416 e. The summed E-state index contributed by atoms with van der Waals surface area (Å²) >= 11 is 0. The van der Waals surface area contributed by atoms with Crippen molar-refractivity contribution >= 4 is 11.7 Å². The minimum atomic E-state index is -4.44. The standard InChI is InChI=1S/C17H10F3NO3/c18-17(19,20)11-5-3-4-10(8-11)14-9-16(24-21-14)13-7-2-1-6-12(13)15(22)23-16/h1-8H,9H2. The number of benzene rings is 2. The zero-order chi connectivity index (χ0) is 16.9. The van der Waals surface area contributed by atoms with Crippen LogP contribution in [0.2, 0.25) is 0 Å². The van der Waals surface area contributed by atoms with E-state index in [0.29, 0.717) is 16.8 Å². The van der Waals surface area contributed by atoms with Gasteiger partial charge in [-0.3, -0.25) is 0 Å². The molecule has 122 valence electrons. The number of oxime groups is 1. The van der Waals surface area contributed by atoms with E-state index in [-0.39, 0.29) is 12.0 Å². The number of carbonyl (C=O) groups excluding carboxylic acids is 1. The summed E-state index contributed by atoms with van der Waals surface area (Å²) in [5.74, 6) is -1.93. The second-order valence-electron chi connectivity index (χ2n) is 5.57. The van der Waals surface area contributed by atoms with Gasteiger partial charge in [0.15, 0.2) is 0 Å². The highest BCUT2D eigenvalue weighted by Crippen LogP contribution is 2.44. The normalized spacial score (nSPS) is 22.1. The lowest BCUT2D eigenvalue weighted by molar-refractivity contribution is -0.186. The number of carbonyl (C=O) groups is 1. The van der Waals surface area contributed by atoms with Crippen LogP contribution in [0.4, 0.5) is 13.2 Å².